The van der Waals surface area contributed by atoms with Gasteiger partial charge in [-0.1, -0.05) is 45.4 Å². The molecule has 1 saturated carbocycles. The molecule has 2 N–H and O–H groups in total. The second-order valence-corrected chi connectivity index (χ2v) is 17.9. The van der Waals surface area contributed by atoms with Gasteiger partial charge in [-0.3, -0.25) is 14.4 Å². The number of piperidine rings is 1. The van der Waals surface area contributed by atoms with E-state index in [2.05, 4.69) is 22.3 Å². The Balaban J connectivity index is 1.51. The summed E-state index contributed by atoms with van der Waals surface area (Å²) in [6, 6.07) is -1.23. The minimum Gasteiger partial charge on any atom is -0.456 e. The predicted octanol–water partition coefficient (Wildman–Crippen LogP) is 4.34. The maximum absolute atomic E-state index is 14.4. The smallest absolute Gasteiger partial charge is 0.329 e. The molecule has 4 heterocycles. The zero-order valence-corrected chi connectivity index (χ0v) is 37.0. The number of aliphatic hydroxyl groups excluding tert-OH is 1. The number of hydrogen-bond acceptors (Lipinski definition) is 14. The summed E-state index contributed by atoms with van der Waals surface area (Å²) < 4.78 is 30.2. The number of carbonyl (C=O) groups is 4. The number of esters is 1. The Bertz CT molecular complexity index is 1690. The van der Waals surface area contributed by atoms with Crippen LogP contribution in [0.5, 0.6) is 0 Å². The van der Waals surface area contributed by atoms with Gasteiger partial charge in [0.25, 0.3) is 11.7 Å². The fourth-order valence-corrected chi connectivity index (χ4v) is 9.98. The first-order valence-electron chi connectivity index (χ1n) is 21.9. The molecule has 2 bridgehead atoms. The van der Waals surface area contributed by atoms with Gasteiger partial charge in [-0.2, -0.15) is 4.80 Å². The first-order chi connectivity index (χ1) is 28.6. The maximum atomic E-state index is 14.4. The number of rotatable bonds is 7. The molecular formula is C44H69N5O11. The number of fused-ring (bicyclic) bond motifs is 3. The van der Waals surface area contributed by atoms with E-state index in [-0.39, 0.29) is 55.6 Å². The lowest BCUT2D eigenvalue weighted by Crippen LogP contribution is -2.64. The average Bonchev–Trinajstić information content (AvgIpc) is 3.78. The Kier molecular flexibility index (Phi) is 16.8. The number of nitrogens with zero attached hydrogens (tertiary/aromatic N) is 5. The molecule has 3 aliphatic heterocycles. The lowest BCUT2D eigenvalue weighted by Gasteiger charge is -2.47. The summed E-state index contributed by atoms with van der Waals surface area (Å²) in [6.07, 6.45) is 6.21. The van der Waals surface area contributed by atoms with Crippen LogP contribution in [0.4, 0.5) is 0 Å². The number of carbonyl (C=O) groups excluding carboxylic acids is 4. The van der Waals surface area contributed by atoms with E-state index in [0.717, 1.165) is 12.0 Å². The third-order valence-electron chi connectivity index (χ3n) is 13.6. The van der Waals surface area contributed by atoms with Gasteiger partial charge in [-0.25, -0.2) is 4.79 Å². The van der Waals surface area contributed by atoms with Gasteiger partial charge >= 0.3 is 5.97 Å². The van der Waals surface area contributed by atoms with E-state index < -0.39 is 77.8 Å². The molecule has 16 nitrogen and oxygen atoms in total. The highest BCUT2D eigenvalue weighted by atomic mass is 16.7. The van der Waals surface area contributed by atoms with Gasteiger partial charge in [0.15, 0.2) is 6.33 Å². The van der Waals surface area contributed by atoms with Gasteiger partial charge < -0.3 is 38.8 Å². The van der Waals surface area contributed by atoms with Crippen LogP contribution in [0.1, 0.15) is 118 Å². The van der Waals surface area contributed by atoms with Crippen LogP contribution in [-0.2, 0) is 42.9 Å². The van der Waals surface area contributed by atoms with Crippen molar-refractivity contribution in [3.63, 3.8) is 0 Å². The molecule has 0 aromatic carbocycles. The van der Waals surface area contributed by atoms with Crippen LogP contribution in [0.15, 0.2) is 29.6 Å². The number of allylic oxidation sites excluding steroid dienone is 3. The van der Waals surface area contributed by atoms with Gasteiger partial charge in [0.05, 0.1) is 30.5 Å². The Hall–Kier alpha value is -3.41. The highest BCUT2D eigenvalue weighted by Crippen LogP contribution is 2.40. The van der Waals surface area contributed by atoms with E-state index in [1.807, 2.05) is 32.9 Å². The van der Waals surface area contributed by atoms with E-state index >= 15 is 0 Å². The van der Waals surface area contributed by atoms with Crippen molar-refractivity contribution in [3.05, 3.63) is 29.6 Å². The minimum atomic E-state index is -2.50. The molecule has 2 saturated heterocycles. The number of ketones is 2. The number of tetrazole rings is 1. The summed E-state index contributed by atoms with van der Waals surface area (Å²) in [5.74, 6) is -7.48. The van der Waals surface area contributed by atoms with E-state index in [1.165, 1.54) is 25.4 Å². The molecular weight excluding hydrogens is 775 g/mol. The molecule has 1 aliphatic carbocycles. The Morgan fingerprint density at radius 2 is 1.67 bits per heavy atom. The summed E-state index contributed by atoms with van der Waals surface area (Å²) in [4.78, 5) is 59.6. The van der Waals surface area contributed by atoms with Gasteiger partial charge in [0, 0.05) is 52.0 Å². The molecule has 0 radical (unpaired) electrons. The Morgan fingerprint density at radius 3 is 2.32 bits per heavy atom. The first-order valence-corrected chi connectivity index (χ1v) is 21.9. The van der Waals surface area contributed by atoms with Crippen LogP contribution in [-0.4, -0.2) is 135 Å². The number of aliphatic hydroxyl groups is 2. The van der Waals surface area contributed by atoms with Crippen molar-refractivity contribution in [1.82, 2.24) is 25.1 Å². The fourth-order valence-electron chi connectivity index (χ4n) is 9.98. The molecule has 1 aromatic rings. The van der Waals surface area contributed by atoms with Crippen LogP contribution >= 0.6 is 0 Å². The third kappa shape index (κ3) is 10.8. The quantitative estimate of drug-likeness (QED) is 0.223. The molecule has 4 aliphatic rings. The van der Waals surface area contributed by atoms with Gasteiger partial charge in [0.2, 0.25) is 5.79 Å². The molecule has 1 amide bonds. The lowest BCUT2D eigenvalue weighted by atomic mass is 9.81. The molecule has 60 heavy (non-hydrogen) atoms. The van der Waals surface area contributed by atoms with Crippen molar-refractivity contribution < 1.29 is 53.1 Å². The number of methoxy groups -OCH3 is 3. The highest BCUT2D eigenvalue weighted by molar-refractivity contribution is 6.39. The summed E-state index contributed by atoms with van der Waals surface area (Å²) in [6.45, 7) is 11.3. The lowest BCUT2D eigenvalue weighted by molar-refractivity contribution is -0.302. The van der Waals surface area contributed by atoms with E-state index in [9.17, 15) is 29.4 Å². The van der Waals surface area contributed by atoms with E-state index in [4.69, 9.17) is 23.7 Å². The first kappa shape index (κ1) is 47.6. The third-order valence-corrected chi connectivity index (χ3v) is 13.6. The highest BCUT2D eigenvalue weighted by Gasteiger charge is 2.56. The fraction of sp³-hybridized carbons (Fsp3) is 0.795. The van der Waals surface area contributed by atoms with Crippen LogP contribution in [0.2, 0.25) is 0 Å². The number of amides is 1. The van der Waals surface area contributed by atoms with Crippen molar-refractivity contribution in [2.75, 3.05) is 27.9 Å². The molecule has 1 aromatic heterocycles. The number of ether oxygens (including phenoxy) is 5. The van der Waals surface area contributed by atoms with E-state index in [0.29, 0.717) is 50.5 Å². The Labute approximate surface area is 354 Å². The van der Waals surface area contributed by atoms with Crippen molar-refractivity contribution in [1.29, 1.82) is 0 Å². The average molecular weight is 844 g/mol. The van der Waals surface area contributed by atoms with Crippen LogP contribution in [0.3, 0.4) is 0 Å². The number of hydrogen-bond donors (Lipinski definition) is 2. The second kappa shape index (κ2) is 21.1. The molecule has 0 unspecified atom stereocenters. The molecule has 336 valence electrons. The molecule has 5 rings (SSSR count). The number of cyclic esters (lactones) is 1. The topological polar surface area (TPSA) is 202 Å². The normalized spacial score (nSPS) is 39.6. The van der Waals surface area contributed by atoms with Crippen molar-refractivity contribution in [2.24, 2.45) is 29.6 Å². The standard InChI is InChI=1S/C44H69N5O11/c1-10-31-18-25(2)17-26(3)19-37(57-8)40-38(58-9)21-28(5)44(55,60-40)41(52)42(53)48-16-12-11-13-33(48)43(54)59-39(29(6)34(50)23-35(31)51)27(4)20-30-14-15-32(36(22-30)56-7)49-46-24-45-47-49/h18,20,24,26,28-34,36-40,50,55H,10-17,19,21-23H2,1-9H3/b25-18+,27-20+/t26-,28+,29+,30-,31+,32-,33-,34-,36+,37-,38-,39+,40+,44+/m0/s1. The molecule has 14 atom stereocenters. The summed E-state index contributed by atoms with van der Waals surface area (Å²) >= 11 is 0. The largest absolute Gasteiger partial charge is 0.456 e. The van der Waals surface area contributed by atoms with Crippen LogP contribution in [0.25, 0.3) is 0 Å². The maximum Gasteiger partial charge on any atom is 0.329 e. The monoisotopic (exact) mass is 843 g/mol. The van der Waals surface area contributed by atoms with Crippen molar-refractivity contribution in [3.8, 4) is 0 Å². The summed E-state index contributed by atoms with van der Waals surface area (Å²) in [5, 5.41) is 36.0. The second-order valence-electron chi connectivity index (χ2n) is 17.9. The van der Waals surface area contributed by atoms with Gasteiger partial charge in [-0.05, 0) is 101 Å². The van der Waals surface area contributed by atoms with Gasteiger partial charge in [0.1, 0.15) is 24.0 Å². The van der Waals surface area contributed by atoms with Crippen molar-refractivity contribution >= 4 is 23.4 Å². The molecule has 16 heteroatoms. The summed E-state index contributed by atoms with van der Waals surface area (Å²) in [7, 11) is 4.72. The summed E-state index contributed by atoms with van der Waals surface area (Å²) in [5.41, 5.74) is 1.68. The van der Waals surface area contributed by atoms with E-state index in [1.54, 1.807) is 25.8 Å². The number of Topliss-reactive ketones (excluding diaryl/α,β-unsaturated/α-hetero) is 2. The molecule has 3 fully saturated rings. The SMILES string of the molecule is CC[C@@H]1/C=C(\C)C[C@H](C)C[C@H](OC)[C@H]2O[C@@](O)(C(=O)C(=O)N3CCCC[C@H]3C(=O)O[C@H](/C(C)=C/[C@@H]3CC[C@H](n4ncnn4)[C@H](OC)C3)[C@H](C)[C@@H](O)CC1=O)[C@H](C)C[C@@H]2OC. The Morgan fingerprint density at radius 1 is 0.967 bits per heavy atom. The van der Waals surface area contributed by atoms with Gasteiger partial charge in [-0.15, -0.1) is 10.2 Å². The van der Waals surface area contributed by atoms with Crippen molar-refractivity contribution in [2.45, 2.75) is 167 Å². The van der Waals surface area contributed by atoms with Crippen LogP contribution < -0.4 is 0 Å². The zero-order chi connectivity index (χ0) is 43.9. The number of aromatic nitrogens is 4. The molecule has 0 spiro atoms. The minimum absolute atomic E-state index is 0.0207. The van der Waals surface area contributed by atoms with Crippen LogP contribution in [0, 0.1) is 29.6 Å². The zero-order valence-electron chi connectivity index (χ0n) is 37.0. The predicted molar refractivity (Wildman–Crippen MR) is 219 cm³/mol.